The Hall–Kier alpha value is -2.79. The molecule has 4 aromatic rings. The molecule has 0 aliphatic carbocycles. The van der Waals surface area contributed by atoms with E-state index in [2.05, 4.69) is 51.9 Å². The fourth-order valence-corrected chi connectivity index (χ4v) is 3.41. The summed E-state index contributed by atoms with van der Waals surface area (Å²) in [5, 5.41) is 7.55. The van der Waals surface area contributed by atoms with Gasteiger partial charge in [-0.1, -0.05) is 42.0 Å². The van der Waals surface area contributed by atoms with Crippen LogP contribution in [-0.4, -0.2) is 15.0 Å². The summed E-state index contributed by atoms with van der Waals surface area (Å²) in [5.74, 6) is 0.845. The van der Waals surface area contributed by atoms with E-state index in [4.69, 9.17) is 4.98 Å². The minimum atomic E-state index is 0.642. The lowest BCUT2D eigenvalue weighted by Crippen LogP contribution is -2.03. The van der Waals surface area contributed by atoms with Crippen LogP contribution in [0.5, 0.6) is 0 Å². The monoisotopic (exact) mass is 332 g/mol. The van der Waals surface area contributed by atoms with Gasteiger partial charge in [0.15, 0.2) is 0 Å². The first-order valence-corrected chi connectivity index (χ1v) is 8.62. The van der Waals surface area contributed by atoms with E-state index in [9.17, 15) is 0 Å². The molecule has 0 amide bonds. The third-order valence-electron chi connectivity index (χ3n) is 3.80. The number of nitrogens with zero attached hydrogens (tertiary/aromatic N) is 3. The molecule has 1 N–H and O–H groups in total. The molecule has 0 saturated carbocycles. The maximum absolute atomic E-state index is 4.71. The first kappa shape index (κ1) is 14.8. The number of hydrogen-bond acceptors (Lipinski definition) is 5. The molecule has 0 fully saturated rings. The van der Waals surface area contributed by atoms with Crippen LogP contribution >= 0.6 is 11.3 Å². The van der Waals surface area contributed by atoms with Gasteiger partial charge in [0.05, 0.1) is 17.8 Å². The predicted octanol–water partition coefficient (Wildman–Crippen LogP) is 4.67. The molecule has 0 spiro atoms. The van der Waals surface area contributed by atoms with Crippen molar-refractivity contribution in [2.75, 3.05) is 5.32 Å². The largest absolute Gasteiger partial charge is 0.364 e. The van der Waals surface area contributed by atoms with Crippen molar-refractivity contribution in [3.05, 3.63) is 71.5 Å². The number of aromatic nitrogens is 3. The zero-order valence-electron chi connectivity index (χ0n) is 13.2. The zero-order chi connectivity index (χ0) is 16.4. The number of thiazole rings is 1. The molecule has 0 aliphatic heterocycles. The van der Waals surface area contributed by atoms with Crippen LogP contribution in [0.4, 0.5) is 5.82 Å². The SMILES string of the molecule is Cc1ccc2ncnc(NCc3csc(-c4ccccc4)n3)c2c1. The van der Waals surface area contributed by atoms with E-state index in [1.54, 1.807) is 17.7 Å². The summed E-state index contributed by atoms with van der Waals surface area (Å²) in [7, 11) is 0. The number of rotatable bonds is 4. The first-order valence-electron chi connectivity index (χ1n) is 7.75. The van der Waals surface area contributed by atoms with E-state index < -0.39 is 0 Å². The van der Waals surface area contributed by atoms with Crippen molar-refractivity contribution < 1.29 is 0 Å². The van der Waals surface area contributed by atoms with Gasteiger partial charge in [0.2, 0.25) is 0 Å². The summed E-state index contributed by atoms with van der Waals surface area (Å²) in [5.41, 5.74) is 4.30. The number of anilines is 1. The van der Waals surface area contributed by atoms with Gasteiger partial charge in [0, 0.05) is 16.3 Å². The van der Waals surface area contributed by atoms with Crippen LogP contribution in [0.25, 0.3) is 21.5 Å². The van der Waals surface area contributed by atoms with E-state index in [0.717, 1.165) is 33.0 Å². The maximum Gasteiger partial charge on any atom is 0.137 e. The maximum atomic E-state index is 4.71. The minimum absolute atomic E-state index is 0.642. The normalized spacial score (nSPS) is 10.9. The van der Waals surface area contributed by atoms with E-state index in [1.165, 1.54) is 5.56 Å². The van der Waals surface area contributed by atoms with Gasteiger partial charge in [0.1, 0.15) is 17.2 Å². The van der Waals surface area contributed by atoms with Crippen LogP contribution in [0.2, 0.25) is 0 Å². The Kier molecular flexibility index (Phi) is 3.92. The van der Waals surface area contributed by atoms with Crippen LogP contribution in [0, 0.1) is 6.92 Å². The average molecular weight is 332 g/mol. The molecule has 0 unspecified atom stereocenters. The Bertz CT molecular complexity index is 979. The quantitative estimate of drug-likeness (QED) is 0.590. The molecule has 0 atom stereocenters. The lowest BCUT2D eigenvalue weighted by atomic mass is 10.1. The van der Waals surface area contributed by atoms with Gasteiger partial charge in [-0.05, 0) is 19.1 Å². The summed E-state index contributed by atoms with van der Waals surface area (Å²) in [4.78, 5) is 13.4. The van der Waals surface area contributed by atoms with Gasteiger partial charge >= 0.3 is 0 Å². The second-order valence-electron chi connectivity index (χ2n) is 5.61. The highest BCUT2D eigenvalue weighted by Crippen LogP contribution is 2.25. The van der Waals surface area contributed by atoms with E-state index >= 15 is 0 Å². The molecule has 5 heteroatoms. The van der Waals surface area contributed by atoms with Crippen molar-refractivity contribution in [2.24, 2.45) is 0 Å². The molecule has 0 radical (unpaired) electrons. The molecular weight excluding hydrogens is 316 g/mol. The zero-order valence-corrected chi connectivity index (χ0v) is 14.0. The Morgan fingerprint density at radius 2 is 1.92 bits per heavy atom. The average Bonchev–Trinajstić information content (AvgIpc) is 3.10. The molecule has 4 nitrogen and oxygen atoms in total. The van der Waals surface area contributed by atoms with Gasteiger partial charge in [-0.15, -0.1) is 11.3 Å². The Morgan fingerprint density at radius 1 is 1.04 bits per heavy atom. The lowest BCUT2D eigenvalue weighted by Gasteiger charge is -2.07. The molecule has 0 aliphatic rings. The van der Waals surface area contributed by atoms with Crippen molar-refractivity contribution in [1.82, 2.24) is 15.0 Å². The number of nitrogens with one attached hydrogen (secondary N) is 1. The van der Waals surface area contributed by atoms with Crippen molar-refractivity contribution >= 4 is 28.1 Å². The molecule has 0 bridgehead atoms. The molecule has 0 saturated heterocycles. The predicted molar refractivity (Wildman–Crippen MR) is 99.2 cm³/mol. The van der Waals surface area contributed by atoms with Crippen LogP contribution < -0.4 is 5.32 Å². The number of hydrogen-bond donors (Lipinski definition) is 1. The van der Waals surface area contributed by atoms with Crippen LogP contribution in [-0.2, 0) is 6.54 Å². The molecule has 2 aromatic carbocycles. The molecule has 2 aromatic heterocycles. The molecule has 2 heterocycles. The highest BCUT2D eigenvalue weighted by atomic mass is 32.1. The lowest BCUT2D eigenvalue weighted by molar-refractivity contribution is 1.05. The molecular formula is C19H16N4S. The number of fused-ring (bicyclic) bond motifs is 1. The standard InChI is InChI=1S/C19H16N4S/c1-13-7-8-17-16(9-13)18(22-12-21-17)20-10-15-11-24-19(23-15)14-5-3-2-4-6-14/h2-9,11-12H,10H2,1H3,(H,20,21,22). The third kappa shape index (κ3) is 2.98. The Labute approximate surface area is 144 Å². The van der Waals surface area contributed by atoms with Gasteiger partial charge in [-0.25, -0.2) is 15.0 Å². The topological polar surface area (TPSA) is 50.7 Å². The summed E-state index contributed by atoms with van der Waals surface area (Å²) in [6.07, 6.45) is 1.59. The van der Waals surface area contributed by atoms with Gasteiger partial charge in [-0.2, -0.15) is 0 Å². The van der Waals surface area contributed by atoms with Gasteiger partial charge in [-0.3, -0.25) is 0 Å². The van der Waals surface area contributed by atoms with Crippen LogP contribution in [0.1, 0.15) is 11.3 Å². The van der Waals surface area contributed by atoms with Crippen LogP contribution in [0.3, 0.4) is 0 Å². The van der Waals surface area contributed by atoms with E-state index in [1.807, 2.05) is 24.3 Å². The number of benzene rings is 2. The fraction of sp³-hybridized carbons (Fsp3) is 0.105. The summed E-state index contributed by atoms with van der Waals surface area (Å²) >= 11 is 1.66. The first-order chi connectivity index (χ1) is 11.8. The Morgan fingerprint density at radius 3 is 2.79 bits per heavy atom. The number of aryl methyl sites for hydroxylation is 1. The summed E-state index contributed by atoms with van der Waals surface area (Å²) in [6.45, 7) is 2.71. The minimum Gasteiger partial charge on any atom is -0.364 e. The van der Waals surface area contributed by atoms with Crippen LogP contribution in [0.15, 0.2) is 60.2 Å². The van der Waals surface area contributed by atoms with Crippen molar-refractivity contribution in [1.29, 1.82) is 0 Å². The van der Waals surface area contributed by atoms with Crippen molar-refractivity contribution in [2.45, 2.75) is 13.5 Å². The summed E-state index contributed by atoms with van der Waals surface area (Å²) < 4.78 is 0. The molecule has 118 valence electrons. The fourth-order valence-electron chi connectivity index (χ4n) is 2.59. The van der Waals surface area contributed by atoms with E-state index in [0.29, 0.717) is 6.54 Å². The highest BCUT2D eigenvalue weighted by Gasteiger charge is 2.07. The Balaban J connectivity index is 1.56. The summed E-state index contributed by atoms with van der Waals surface area (Å²) in [6, 6.07) is 16.4. The van der Waals surface area contributed by atoms with E-state index in [-0.39, 0.29) is 0 Å². The molecule has 24 heavy (non-hydrogen) atoms. The second-order valence-corrected chi connectivity index (χ2v) is 6.46. The third-order valence-corrected chi connectivity index (χ3v) is 4.74. The molecule has 4 rings (SSSR count). The van der Waals surface area contributed by atoms with Crippen molar-refractivity contribution in [3.63, 3.8) is 0 Å². The van der Waals surface area contributed by atoms with Gasteiger partial charge < -0.3 is 5.32 Å². The highest BCUT2D eigenvalue weighted by molar-refractivity contribution is 7.13. The second kappa shape index (κ2) is 6.37. The van der Waals surface area contributed by atoms with Gasteiger partial charge in [0.25, 0.3) is 0 Å². The van der Waals surface area contributed by atoms with Crippen molar-refractivity contribution in [3.8, 4) is 10.6 Å². The smallest absolute Gasteiger partial charge is 0.137 e.